The Morgan fingerprint density at radius 2 is 0.963 bits per heavy atom. The second-order valence-electron chi connectivity index (χ2n) is 6.25. The number of hydrogen-bond donors (Lipinski definition) is 3. The van der Waals surface area contributed by atoms with Crippen LogP contribution in [0, 0.1) is 14.3 Å². The van der Waals surface area contributed by atoms with Crippen LogP contribution in [0.1, 0.15) is 23.6 Å². The van der Waals surface area contributed by atoms with Gasteiger partial charge < -0.3 is 15.3 Å². The zero-order valence-electron chi connectivity index (χ0n) is 14.0. The lowest BCUT2D eigenvalue weighted by Gasteiger charge is -2.33. The Morgan fingerprint density at radius 3 is 1.33 bits per heavy atom. The summed E-state index contributed by atoms with van der Waals surface area (Å²) < 4.78 is 3.10. The molecule has 0 aliphatic rings. The molecule has 0 saturated carbocycles. The summed E-state index contributed by atoms with van der Waals surface area (Å²) in [6.07, 6.45) is 0. The number of rotatable bonds is 3. The predicted molar refractivity (Wildman–Crippen MR) is 141 cm³/mol. The summed E-state index contributed by atoms with van der Waals surface area (Å²) in [6, 6.07) is 15.2. The van der Waals surface area contributed by atoms with Crippen LogP contribution in [-0.2, 0) is 5.41 Å². The van der Waals surface area contributed by atoms with E-state index >= 15 is 0 Å². The third-order valence-corrected chi connectivity index (χ3v) is 8.02. The highest BCUT2D eigenvalue weighted by molar-refractivity contribution is 14.1. The minimum Gasteiger partial charge on any atom is -0.507 e. The number of hydrogen-bond acceptors (Lipinski definition) is 3. The number of aromatic hydroxyl groups is 3. The van der Waals surface area contributed by atoms with E-state index in [9.17, 15) is 15.3 Å². The summed E-state index contributed by atoms with van der Waals surface area (Å²) in [5, 5.41) is 30.2. The number of phenolic OH excluding ortho intramolecular Hbond substituents is 3. The molecular formula is C20H14I4O3. The molecule has 0 bridgehead atoms. The average molecular weight is 810 g/mol. The van der Waals surface area contributed by atoms with Crippen LogP contribution in [0.3, 0.4) is 0 Å². The highest BCUT2D eigenvalue weighted by atomic mass is 127. The first-order valence-corrected chi connectivity index (χ1v) is 12.1. The fourth-order valence-corrected chi connectivity index (χ4v) is 5.79. The van der Waals surface area contributed by atoms with Crippen LogP contribution in [0.4, 0.5) is 0 Å². The van der Waals surface area contributed by atoms with Gasteiger partial charge in [0.2, 0.25) is 0 Å². The number of halogens is 4. The largest absolute Gasteiger partial charge is 0.507 e. The molecule has 0 aliphatic carbocycles. The van der Waals surface area contributed by atoms with E-state index in [4.69, 9.17) is 0 Å². The maximum atomic E-state index is 10.2. The van der Waals surface area contributed by atoms with Gasteiger partial charge in [-0.1, -0.05) is 12.1 Å². The minimum atomic E-state index is -0.533. The molecule has 140 valence electrons. The molecule has 3 nitrogen and oxygen atoms in total. The number of phenols is 3. The van der Waals surface area contributed by atoms with Crippen LogP contribution >= 0.6 is 90.4 Å². The molecule has 27 heavy (non-hydrogen) atoms. The molecule has 0 atom stereocenters. The van der Waals surface area contributed by atoms with Crippen molar-refractivity contribution in [1.82, 2.24) is 0 Å². The van der Waals surface area contributed by atoms with Crippen molar-refractivity contribution in [1.29, 1.82) is 0 Å². The normalized spacial score (nSPS) is 11.6. The standard InChI is InChI=1S/C20H14I4O3/c1-20(10-2-4-17(25)13(21)6-10,11-3-5-18(26)14(22)7-11)12-8-15(23)19(27)16(24)9-12/h2-9,25-27H,1H3. The molecule has 0 aromatic heterocycles. The summed E-state index contributed by atoms with van der Waals surface area (Å²) in [4.78, 5) is 0. The van der Waals surface area contributed by atoms with E-state index in [0.717, 1.165) is 31.0 Å². The molecule has 3 aromatic carbocycles. The van der Waals surface area contributed by atoms with Gasteiger partial charge in [0.05, 0.1) is 14.3 Å². The van der Waals surface area contributed by atoms with Crippen molar-refractivity contribution in [2.24, 2.45) is 0 Å². The van der Waals surface area contributed by atoms with Crippen molar-refractivity contribution < 1.29 is 15.3 Å². The van der Waals surface area contributed by atoms with E-state index < -0.39 is 5.41 Å². The Morgan fingerprint density at radius 1 is 0.593 bits per heavy atom. The smallest absolute Gasteiger partial charge is 0.142 e. The molecule has 3 N–H and O–H groups in total. The fourth-order valence-electron chi connectivity index (χ4n) is 2.99. The van der Waals surface area contributed by atoms with Crippen molar-refractivity contribution in [2.45, 2.75) is 12.3 Å². The van der Waals surface area contributed by atoms with Gasteiger partial charge in [-0.3, -0.25) is 0 Å². The lowest BCUT2D eigenvalue weighted by molar-refractivity contribution is 0.466. The maximum absolute atomic E-state index is 10.2. The molecular weight excluding hydrogens is 796 g/mol. The summed E-state index contributed by atoms with van der Waals surface area (Å²) >= 11 is 8.53. The average Bonchev–Trinajstić information content (AvgIpc) is 2.63. The quantitative estimate of drug-likeness (QED) is 0.207. The summed E-state index contributed by atoms with van der Waals surface area (Å²) in [7, 11) is 0. The molecule has 0 aliphatic heterocycles. The van der Waals surface area contributed by atoms with Crippen molar-refractivity contribution in [2.75, 3.05) is 0 Å². The maximum Gasteiger partial charge on any atom is 0.142 e. The van der Waals surface area contributed by atoms with Crippen molar-refractivity contribution in [3.05, 3.63) is 79.5 Å². The summed E-state index contributed by atoms with van der Waals surface area (Å²) in [5.74, 6) is 0.775. The molecule has 0 unspecified atom stereocenters. The molecule has 0 heterocycles. The van der Waals surface area contributed by atoms with Gasteiger partial charge in [0.1, 0.15) is 17.2 Å². The Hall–Kier alpha value is -0.0200. The monoisotopic (exact) mass is 810 g/mol. The van der Waals surface area contributed by atoms with Crippen LogP contribution in [-0.4, -0.2) is 15.3 Å². The first-order valence-electron chi connectivity index (χ1n) is 7.81. The molecule has 0 radical (unpaired) electrons. The van der Waals surface area contributed by atoms with Crippen LogP contribution in [0.15, 0.2) is 48.5 Å². The number of benzene rings is 3. The molecule has 0 saturated heterocycles. The van der Waals surface area contributed by atoms with Crippen molar-refractivity contribution >= 4 is 90.4 Å². The Kier molecular flexibility index (Phi) is 6.73. The highest BCUT2D eigenvalue weighted by Gasteiger charge is 2.33. The Balaban J connectivity index is 2.35. The van der Waals surface area contributed by atoms with Gasteiger partial charge in [0.15, 0.2) is 0 Å². The third-order valence-electron chi connectivity index (χ3n) is 4.64. The van der Waals surface area contributed by atoms with E-state index in [1.165, 1.54) is 0 Å². The topological polar surface area (TPSA) is 60.7 Å². The van der Waals surface area contributed by atoms with Gasteiger partial charge >= 0.3 is 0 Å². The van der Waals surface area contributed by atoms with Gasteiger partial charge in [-0.05, 0) is 150 Å². The van der Waals surface area contributed by atoms with Gasteiger partial charge in [0.25, 0.3) is 0 Å². The SMILES string of the molecule is CC(c1ccc(O)c(I)c1)(c1ccc(O)c(I)c1)c1cc(I)c(O)c(I)c1. The van der Waals surface area contributed by atoms with E-state index in [1.807, 2.05) is 36.4 Å². The Bertz CT molecular complexity index is 959. The Labute approximate surface area is 212 Å². The third kappa shape index (κ3) is 4.15. The second-order valence-corrected chi connectivity index (χ2v) is 10.9. The first-order chi connectivity index (χ1) is 12.6. The second kappa shape index (κ2) is 8.38. The van der Waals surface area contributed by atoms with Crippen molar-refractivity contribution in [3.63, 3.8) is 0 Å². The van der Waals surface area contributed by atoms with Crippen LogP contribution < -0.4 is 0 Å². The predicted octanol–water partition coefficient (Wildman–Crippen LogP) is 6.58. The lowest BCUT2D eigenvalue weighted by Crippen LogP contribution is -2.26. The summed E-state index contributed by atoms with van der Waals surface area (Å²) in [5.41, 5.74) is 2.53. The molecule has 7 heteroatoms. The highest BCUT2D eigenvalue weighted by Crippen LogP contribution is 2.44. The van der Waals surface area contributed by atoms with Gasteiger partial charge in [0, 0.05) is 5.41 Å². The van der Waals surface area contributed by atoms with Crippen LogP contribution in [0.5, 0.6) is 17.2 Å². The zero-order valence-corrected chi connectivity index (χ0v) is 22.6. The van der Waals surface area contributed by atoms with E-state index in [1.54, 1.807) is 12.1 Å². The van der Waals surface area contributed by atoms with E-state index in [2.05, 4.69) is 97.3 Å². The molecule has 0 spiro atoms. The molecule has 0 amide bonds. The molecule has 3 aromatic rings. The fraction of sp³-hybridized carbons (Fsp3) is 0.100. The molecule has 3 rings (SSSR count). The molecule has 0 fully saturated rings. The van der Waals surface area contributed by atoms with Crippen molar-refractivity contribution in [3.8, 4) is 17.2 Å². The van der Waals surface area contributed by atoms with E-state index in [0.29, 0.717) is 0 Å². The van der Waals surface area contributed by atoms with E-state index in [-0.39, 0.29) is 17.2 Å². The minimum absolute atomic E-state index is 0.247. The first kappa shape index (κ1) is 21.7. The van der Waals surface area contributed by atoms with Gasteiger partial charge in [-0.15, -0.1) is 0 Å². The van der Waals surface area contributed by atoms with Crippen LogP contribution in [0.2, 0.25) is 0 Å². The summed E-state index contributed by atoms with van der Waals surface area (Å²) in [6.45, 7) is 2.12. The van der Waals surface area contributed by atoms with Gasteiger partial charge in [-0.2, -0.15) is 0 Å². The zero-order chi connectivity index (χ0) is 19.9. The van der Waals surface area contributed by atoms with Crippen LogP contribution in [0.25, 0.3) is 0 Å². The lowest BCUT2D eigenvalue weighted by atomic mass is 9.71. The van der Waals surface area contributed by atoms with Gasteiger partial charge in [-0.25, -0.2) is 0 Å².